The predicted molar refractivity (Wildman–Crippen MR) is 58.3 cm³/mol. The number of quaternary nitrogens is 1. The SMILES string of the molecule is OC[C@@H]1O[C@](O)(C[NH+]2CCCCC2)[C@@H](O)[C@@H]1O. The van der Waals surface area contributed by atoms with Gasteiger partial charge in [-0.25, -0.2) is 0 Å². The van der Waals surface area contributed by atoms with Crippen LogP contribution in [0.5, 0.6) is 0 Å². The maximum Gasteiger partial charge on any atom is 0.246 e. The molecule has 0 aromatic rings. The number of aliphatic hydroxyl groups excluding tert-OH is 3. The summed E-state index contributed by atoms with van der Waals surface area (Å²) in [5.41, 5.74) is 0. The molecule has 2 saturated heterocycles. The Morgan fingerprint density at radius 3 is 2.35 bits per heavy atom. The number of likely N-dealkylation sites (tertiary alicyclic amines) is 1. The molecular weight excluding hydrogens is 226 g/mol. The number of piperidine rings is 1. The largest absolute Gasteiger partial charge is 0.394 e. The van der Waals surface area contributed by atoms with Gasteiger partial charge in [-0.1, -0.05) is 0 Å². The number of hydrogen-bond acceptors (Lipinski definition) is 5. The van der Waals surface area contributed by atoms with Crippen molar-refractivity contribution in [3.8, 4) is 0 Å². The molecular formula is C11H22NO5+. The molecule has 0 unspecified atom stereocenters. The first-order valence-electron chi connectivity index (χ1n) is 6.27. The summed E-state index contributed by atoms with van der Waals surface area (Å²) in [5, 5.41) is 38.6. The molecule has 2 aliphatic heterocycles. The minimum absolute atomic E-state index is 0.252. The lowest BCUT2D eigenvalue weighted by Crippen LogP contribution is -3.15. The van der Waals surface area contributed by atoms with Crippen LogP contribution in [-0.2, 0) is 4.74 Å². The fourth-order valence-electron chi connectivity index (χ4n) is 2.75. The maximum atomic E-state index is 10.2. The molecule has 0 bridgehead atoms. The molecule has 0 aliphatic carbocycles. The van der Waals surface area contributed by atoms with Crippen molar-refractivity contribution in [3.05, 3.63) is 0 Å². The van der Waals surface area contributed by atoms with E-state index in [0.29, 0.717) is 0 Å². The van der Waals surface area contributed by atoms with Gasteiger partial charge in [0.2, 0.25) is 5.79 Å². The highest BCUT2D eigenvalue weighted by molar-refractivity contribution is 4.95. The lowest BCUT2D eigenvalue weighted by molar-refractivity contribution is -0.915. The Balaban J connectivity index is 1.98. The van der Waals surface area contributed by atoms with Crippen molar-refractivity contribution in [2.24, 2.45) is 0 Å². The zero-order chi connectivity index (χ0) is 12.5. The highest BCUT2D eigenvalue weighted by Crippen LogP contribution is 2.28. The fourth-order valence-corrected chi connectivity index (χ4v) is 2.75. The lowest BCUT2D eigenvalue weighted by atomic mass is 10.0. The molecule has 0 amide bonds. The van der Waals surface area contributed by atoms with Crippen molar-refractivity contribution in [1.29, 1.82) is 0 Å². The summed E-state index contributed by atoms with van der Waals surface area (Å²) in [5.74, 6) is -1.74. The molecule has 2 heterocycles. The van der Waals surface area contributed by atoms with Crippen molar-refractivity contribution in [1.82, 2.24) is 0 Å². The van der Waals surface area contributed by atoms with Gasteiger partial charge in [-0.3, -0.25) is 0 Å². The van der Waals surface area contributed by atoms with E-state index in [2.05, 4.69) is 0 Å². The first-order valence-corrected chi connectivity index (χ1v) is 6.27. The number of rotatable bonds is 3. The molecule has 17 heavy (non-hydrogen) atoms. The highest BCUT2D eigenvalue weighted by Gasteiger charge is 2.55. The maximum absolute atomic E-state index is 10.2. The number of hydrogen-bond donors (Lipinski definition) is 5. The number of nitrogens with one attached hydrogen (secondary N) is 1. The van der Waals surface area contributed by atoms with Crippen LogP contribution in [-0.4, -0.2) is 70.8 Å². The molecule has 100 valence electrons. The van der Waals surface area contributed by atoms with E-state index < -0.39 is 30.7 Å². The van der Waals surface area contributed by atoms with Gasteiger partial charge in [0.1, 0.15) is 24.9 Å². The Bertz CT molecular complexity index is 258. The summed E-state index contributed by atoms with van der Waals surface area (Å²) in [6, 6.07) is 0. The van der Waals surface area contributed by atoms with Crippen molar-refractivity contribution in [2.75, 3.05) is 26.2 Å². The van der Waals surface area contributed by atoms with Gasteiger partial charge in [0, 0.05) is 0 Å². The topological polar surface area (TPSA) is 94.6 Å². The van der Waals surface area contributed by atoms with E-state index >= 15 is 0 Å². The molecule has 6 nitrogen and oxygen atoms in total. The average molecular weight is 248 g/mol. The van der Waals surface area contributed by atoms with Crippen LogP contribution in [0.1, 0.15) is 19.3 Å². The molecule has 2 aliphatic rings. The minimum atomic E-state index is -1.74. The van der Waals surface area contributed by atoms with Crippen LogP contribution in [0.2, 0.25) is 0 Å². The zero-order valence-electron chi connectivity index (χ0n) is 9.88. The Morgan fingerprint density at radius 2 is 1.82 bits per heavy atom. The Morgan fingerprint density at radius 1 is 1.18 bits per heavy atom. The minimum Gasteiger partial charge on any atom is -0.394 e. The molecule has 5 N–H and O–H groups in total. The Kier molecular flexibility index (Phi) is 4.02. The van der Waals surface area contributed by atoms with Gasteiger partial charge in [-0.2, -0.15) is 0 Å². The summed E-state index contributed by atoms with van der Waals surface area (Å²) in [6.07, 6.45) is -0.0729. The Hall–Kier alpha value is -0.240. The highest BCUT2D eigenvalue weighted by atomic mass is 16.7. The molecule has 0 aromatic carbocycles. The monoisotopic (exact) mass is 248 g/mol. The van der Waals surface area contributed by atoms with E-state index in [9.17, 15) is 15.3 Å². The third-order valence-electron chi connectivity index (χ3n) is 3.77. The van der Waals surface area contributed by atoms with Crippen molar-refractivity contribution >= 4 is 0 Å². The van der Waals surface area contributed by atoms with Gasteiger partial charge in [0.05, 0.1) is 19.7 Å². The van der Waals surface area contributed by atoms with E-state index in [1.54, 1.807) is 0 Å². The zero-order valence-corrected chi connectivity index (χ0v) is 9.88. The molecule has 4 atom stereocenters. The van der Waals surface area contributed by atoms with Gasteiger partial charge >= 0.3 is 0 Å². The van der Waals surface area contributed by atoms with Crippen LogP contribution >= 0.6 is 0 Å². The van der Waals surface area contributed by atoms with E-state index in [0.717, 1.165) is 25.9 Å². The summed E-state index contributed by atoms with van der Waals surface area (Å²) in [6.45, 7) is 1.73. The molecule has 0 radical (unpaired) electrons. The van der Waals surface area contributed by atoms with Gasteiger partial charge in [0.15, 0.2) is 0 Å². The van der Waals surface area contributed by atoms with Crippen LogP contribution in [0.4, 0.5) is 0 Å². The van der Waals surface area contributed by atoms with Crippen molar-refractivity contribution < 1.29 is 30.1 Å². The van der Waals surface area contributed by atoms with Gasteiger partial charge in [-0.05, 0) is 19.3 Å². The second-order valence-corrected chi connectivity index (χ2v) is 5.11. The first-order chi connectivity index (χ1) is 8.07. The quantitative estimate of drug-likeness (QED) is 0.364. The van der Waals surface area contributed by atoms with E-state index in [-0.39, 0.29) is 6.54 Å². The summed E-state index contributed by atoms with van der Waals surface area (Å²) in [7, 11) is 0. The van der Waals surface area contributed by atoms with Crippen LogP contribution in [0, 0.1) is 0 Å². The molecule has 2 fully saturated rings. The van der Waals surface area contributed by atoms with Crippen molar-refractivity contribution in [3.63, 3.8) is 0 Å². The summed E-state index contributed by atoms with van der Waals surface area (Å²) >= 11 is 0. The third kappa shape index (κ3) is 2.62. The molecule has 0 saturated carbocycles. The number of aliphatic hydroxyl groups is 4. The molecule has 2 rings (SSSR count). The van der Waals surface area contributed by atoms with Crippen molar-refractivity contribution in [2.45, 2.75) is 43.4 Å². The van der Waals surface area contributed by atoms with Crippen LogP contribution < -0.4 is 4.90 Å². The van der Waals surface area contributed by atoms with Gasteiger partial charge in [-0.15, -0.1) is 0 Å². The third-order valence-corrected chi connectivity index (χ3v) is 3.77. The Labute approximate surface area is 100 Å². The smallest absolute Gasteiger partial charge is 0.246 e. The fraction of sp³-hybridized carbons (Fsp3) is 1.00. The average Bonchev–Trinajstić information content (AvgIpc) is 2.55. The standard InChI is InChI=1S/C11H21NO5/c13-6-8-9(14)10(15)11(16,17-8)7-12-4-2-1-3-5-12/h8-10,13-16H,1-7H2/p+1/t8-,9+,10-,11+/m0/s1. The molecule has 6 heteroatoms. The lowest BCUT2D eigenvalue weighted by Gasteiger charge is -2.32. The predicted octanol–water partition coefficient (Wildman–Crippen LogP) is -3.14. The normalized spacial score (nSPS) is 44.1. The first kappa shape index (κ1) is 13.2. The van der Waals surface area contributed by atoms with E-state index in [4.69, 9.17) is 9.84 Å². The van der Waals surface area contributed by atoms with E-state index in [1.165, 1.54) is 11.3 Å². The number of ether oxygens (including phenoxy) is 1. The van der Waals surface area contributed by atoms with Crippen LogP contribution in [0.3, 0.4) is 0 Å². The van der Waals surface area contributed by atoms with Crippen LogP contribution in [0.25, 0.3) is 0 Å². The van der Waals surface area contributed by atoms with Gasteiger partial charge < -0.3 is 30.1 Å². The second-order valence-electron chi connectivity index (χ2n) is 5.11. The summed E-state index contributed by atoms with van der Waals surface area (Å²) < 4.78 is 5.21. The van der Waals surface area contributed by atoms with E-state index in [1.807, 2.05) is 0 Å². The molecule has 0 aromatic heterocycles. The van der Waals surface area contributed by atoms with Crippen LogP contribution in [0.15, 0.2) is 0 Å². The second kappa shape index (κ2) is 5.17. The van der Waals surface area contributed by atoms with Gasteiger partial charge in [0.25, 0.3) is 0 Å². The summed E-state index contributed by atoms with van der Waals surface area (Å²) in [4.78, 5) is 1.17. The molecule has 0 spiro atoms.